The van der Waals surface area contributed by atoms with E-state index in [2.05, 4.69) is 15.3 Å². The third-order valence-corrected chi connectivity index (χ3v) is 5.02. The van der Waals surface area contributed by atoms with Crippen molar-refractivity contribution in [2.45, 2.75) is 11.2 Å². The topological polar surface area (TPSA) is 54.9 Å². The standard InChI is InChI=1S/C17H14FN3OS2/c18-13-6-4-12(5-7-13)16(14-3-1-10-23-14)21-15(22)11-24-17-19-8-2-9-20-17/h1-10,16H,11H2,(H,21,22)/t16-/m0/s1. The second kappa shape index (κ2) is 8.03. The summed E-state index contributed by atoms with van der Waals surface area (Å²) in [5.41, 5.74) is 0.841. The van der Waals surface area contributed by atoms with Crippen LogP contribution in [-0.2, 0) is 4.79 Å². The number of rotatable bonds is 6. The maximum atomic E-state index is 13.2. The SMILES string of the molecule is O=C(CSc1ncccn1)N[C@@H](c1ccc(F)cc1)c1cccs1. The number of thioether (sulfide) groups is 1. The predicted octanol–water partition coefficient (Wildman–Crippen LogP) is 3.68. The van der Waals surface area contributed by atoms with Crippen molar-refractivity contribution in [1.82, 2.24) is 15.3 Å². The molecule has 3 rings (SSSR count). The smallest absolute Gasteiger partial charge is 0.231 e. The number of amides is 1. The molecule has 2 heterocycles. The van der Waals surface area contributed by atoms with E-state index in [0.29, 0.717) is 5.16 Å². The minimum atomic E-state index is -0.299. The Kier molecular flexibility index (Phi) is 5.55. The van der Waals surface area contributed by atoms with E-state index in [0.717, 1.165) is 10.4 Å². The predicted molar refractivity (Wildman–Crippen MR) is 93.5 cm³/mol. The summed E-state index contributed by atoms with van der Waals surface area (Å²) < 4.78 is 13.2. The molecule has 24 heavy (non-hydrogen) atoms. The highest BCUT2D eigenvalue weighted by Crippen LogP contribution is 2.26. The molecule has 1 amide bonds. The van der Waals surface area contributed by atoms with Crippen LogP contribution in [-0.4, -0.2) is 21.6 Å². The third-order valence-electron chi connectivity index (χ3n) is 3.21. The Hall–Kier alpha value is -2.25. The lowest BCUT2D eigenvalue weighted by molar-refractivity contribution is -0.119. The van der Waals surface area contributed by atoms with Crippen LogP contribution in [0.15, 0.2) is 65.4 Å². The fourth-order valence-corrected chi connectivity index (χ4v) is 3.54. The van der Waals surface area contributed by atoms with Gasteiger partial charge in [-0.05, 0) is 35.2 Å². The summed E-state index contributed by atoms with van der Waals surface area (Å²) in [5, 5.41) is 5.50. The first-order valence-corrected chi connectivity index (χ1v) is 9.07. The number of nitrogens with one attached hydrogen (secondary N) is 1. The molecule has 0 radical (unpaired) electrons. The highest BCUT2D eigenvalue weighted by Gasteiger charge is 2.18. The van der Waals surface area contributed by atoms with Crippen molar-refractivity contribution in [1.29, 1.82) is 0 Å². The number of carbonyl (C=O) groups is 1. The van der Waals surface area contributed by atoms with Crippen LogP contribution in [0.5, 0.6) is 0 Å². The number of hydrogen-bond donors (Lipinski definition) is 1. The van der Waals surface area contributed by atoms with E-state index in [1.54, 1.807) is 41.9 Å². The van der Waals surface area contributed by atoms with Crippen molar-refractivity contribution >= 4 is 29.0 Å². The number of carbonyl (C=O) groups excluding carboxylic acids is 1. The molecule has 7 heteroatoms. The molecule has 2 aromatic heterocycles. The molecule has 0 aliphatic rings. The van der Waals surface area contributed by atoms with E-state index < -0.39 is 0 Å². The fraction of sp³-hybridized carbons (Fsp3) is 0.118. The highest BCUT2D eigenvalue weighted by molar-refractivity contribution is 7.99. The second-order valence-electron chi connectivity index (χ2n) is 4.89. The minimum absolute atomic E-state index is 0.129. The summed E-state index contributed by atoms with van der Waals surface area (Å²) in [6.07, 6.45) is 3.28. The second-order valence-corrected chi connectivity index (χ2v) is 6.81. The van der Waals surface area contributed by atoms with Crippen LogP contribution in [0, 0.1) is 5.82 Å². The van der Waals surface area contributed by atoms with Crippen LogP contribution in [0.2, 0.25) is 0 Å². The Morgan fingerprint density at radius 2 is 1.92 bits per heavy atom. The minimum Gasteiger partial charge on any atom is -0.344 e. The molecule has 0 unspecified atom stereocenters. The van der Waals surface area contributed by atoms with Crippen molar-refractivity contribution < 1.29 is 9.18 Å². The van der Waals surface area contributed by atoms with Gasteiger partial charge < -0.3 is 5.32 Å². The van der Waals surface area contributed by atoms with Crippen LogP contribution in [0.3, 0.4) is 0 Å². The van der Waals surface area contributed by atoms with Crippen molar-refractivity contribution in [2.75, 3.05) is 5.75 Å². The zero-order valence-corrected chi connectivity index (χ0v) is 14.2. The summed E-state index contributed by atoms with van der Waals surface area (Å²) in [5.74, 6) is -0.213. The van der Waals surface area contributed by atoms with Gasteiger partial charge in [0.05, 0.1) is 11.8 Å². The molecule has 1 atom stereocenters. The number of benzene rings is 1. The monoisotopic (exact) mass is 359 g/mol. The van der Waals surface area contributed by atoms with Gasteiger partial charge in [0, 0.05) is 17.3 Å². The maximum Gasteiger partial charge on any atom is 0.231 e. The molecular formula is C17H14FN3OS2. The third kappa shape index (κ3) is 4.39. The molecule has 0 spiro atoms. The van der Waals surface area contributed by atoms with Crippen molar-refractivity contribution in [3.63, 3.8) is 0 Å². The first-order chi connectivity index (χ1) is 11.7. The Morgan fingerprint density at radius 1 is 1.17 bits per heavy atom. The lowest BCUT2D eigenvalue weighted by atomic mass is 10.1. The Balaban J connectivity index is 1.70. The van der Waals surface area contributed by atoms with Gasteiger partial charge in [0.25, 0.3) is 0 Å². The van der Waals surface area contributed by atoms with E-state index in [9.17, 15) is 9.18 Å². The lowest BCUT2D eigenvalue weighted by Crippen LogP contribution is -2.30. The Bertz CT molecular complexity index is 779. The number of nitrogens with zero attached hydrogens (tertiary/aromatic N) is 2. The summed E-state index contributed by atoms with van der Waals surface area (Å²) in [4.78, 5) is 21.5. The highest BCUT2D eigenvalue weighted by atomic mass is 32.2. The van der Waals surface area contributed by atoms with Gasteiger partial charge in [-0.25, -0.2) is 14.4 Å². The molecule has 0 aliphatic carbocycles. The lowest BCUT2D eigenvalue weighted by Gasteiger charge is -2.18. The van der Waals surface area contributed by atoms with Crippen LogP contribution in [0.1, 0.15) is 16.5 Å². The van der Waals surface area contributed by atoms with E-state index in [1.807, 2.05) is 17.5 Å². The average molecular weight is 359 g/mol. The summed E-state index contributed by atoms with van der Waals surface area (Å²) in [6, 6.07) is 11.5. The first-order valence-electron chi connectivity index (χ1n) is 7.20. The van der Waals surface area contributed by atoms with E-state index in [4.69, 9.17) is 0 Å². The zero-order valence-electron chi connectivity index (χ0n) is 12.6. The van der Waals surface area contributed by atoms with Crippen LogP contribution < -0.4 is 5.32 Å². The Labute approximate surface area is 147 Å². The van der Waals surface area contributed by atoms with Crippen LogP contribution in [0.4, 0.5) is 4.39 Å². The van der Waals surface area contributed by atoms with E-state index in [-0.39, 0.29) is 23.5 Å². The fourth-order valence-electron chi connectivity index (χ4n) is 2.12. The molecule has 1 N–H and O–H groups in total. The molecule has 3 aromatic rings. The number of thiophene rings is 1. The van der Waals surface area contributed by atoms with Crippen molar-refractivity contribution in [3.8, 4) is 0 Å². The molecule has 4 nitrogen and oxygen atoms in total. The molecular weight excluding hydrogens is 345 g/mol. The molecule has 0 saturated heterocycles. The average Bonchev–Trinajstić information content (AvgIpc) is 3.14. The molecule has 0 saturated carbocycles. The van der Waals surface area contributed by atoms with Crippen molar-refractivity contribution in [3.05, 3.63) is 76.5 Å². The van der Waals surface area contributed by atoms with E-state index in [1.165, 1.54) is 23.9 Å². The van der Waals surface area contributed by atoms with Gasteiger partial charge in [0.15, 0.2) is 5.16 Å². The zero-order chi connectivity index (χ0) is 16.8. The maximum absolute atomic E-state index is 13.2. The van der Waals surface area contributed by atoms with Gasteiger partial charge in [0.1, 0.15) is 5.82 Å². The summed E-state index contributed by atoms with van der Waals surface area (Å²) in [7, 11) is 0. The number of halogens is 1. The molecule has 0 fully saturated rings. The molecule has 0 aliphatic heterocycles. The van der Waals surface area contributed by atoms with Gasteiger partial charge in [-0.3, -0.25) is 4.79 Å². The Morgan fingerprint density at radius 3 is 2.58 bits per heavy atom. The van der Waals surface area contributed by atoms with E-state index >= 15 is 0 Å². The van der Waals surface area contributed by atoms with Gasteiger partial charge >= 0.3 is 0 Å². The summed E-state index contributed by atoms with van der Waals surface area (Å²) in [6.45, 7) is 0. The molecule has 0 bridgehead atoms. The van der Waals surface area contributed by atoms with Crippen LogP contribution in [0.25, 0.3) is 0 Å². The number of aromatic nitrogens is 2. The van der Waals surface area contributed by atoms with Gasteiger partial charge in [-0.15, -0.1) is 11.3 Å². The van der Waals surface area contributed by atoms with Gasteiger partial charge in [-0.1, -0.05) is 30.0 Å². The van der Waals surface area contributed by atoms with Crippen molar-refractivity contribution in [2.24, 2.45) is 0 Å². The first kappa shape index (κ1) is 16.6. The van der Waals surface area contributed by atoms with Crippen LogP contribution >= 0.6 is 23.1 Å². The normalized spacial score (nSPS) is 11.9. The van der Waals surface area contributed by atoms with Gasteiger partial charge in [-0.2, -0.15) is 0 Å². The molecule has 1 aromatic carbocycles. The quantitative estimate of drug-likeness (QED) is 0.539. The van der Waals surface area contributed by atoms with Gasteiger partial charge in [0.2, 0.25) is 5.91 Å². The molecule has 122 valence electrons. The summed E-state index contributed by atoms with van der Waals surface area (Å²) >= 11 is 2.82. The number of hydrogen-bond acceptors (Lipinski definition) is 5. The largest absolute Gasteiger partial charge is 0.344 e.